The zero-order valence-corrected chi connectivity index (χ0v) is 15.3. The van der Waals surface area contributed by atoms with E-state index in [1.807, 2.05) is 60.4 Å². The lowest BCUT2D eigenvalue weighted by molar-refractivity contribution is 0.0730. The highest BCUT2D eigenvalue weighted by atomic mass is 16.5. The molecule has 0 N–H and O–H groups in total. The molecule has 6 nitrogen and oxygen atoms in total. The van der Waals surface area contributed by atoms with E-state index in [0.717, 1.165) is 29.8 Å². The van der Waals surface area contributed by atoms with E-state index in [4.69, 9.17) is 4.74 Å². The van der Waals surface area contributed by atoms with Crippen molar-refractivity contribution in [3.05, 3.63) is 72.3 Å². The summed E-state index contributed by atoms with van der Waals surface area (Å²) in [5, 5.41) is 7.66. The summed E-state index contributed by atoms with van der Waals surface area (Å²) in [7, 11) is 0. The Balaban J connectivity index is 1.54. The van der Waals surface area contributed by atoms with Gasteiger partial charge in [0.2, 0.25) is 0 Å². The van der Waals surface area contributed by atoms with Crippen molar-refractivity contribution >= 4 is 5.91 Å². The van der Waals surface area contributed by atoms with Crippen LogP contribution in [0.5, 0.6) is 5.75 Å². The third-order valence-corrected chi connectivity index (χ3v) is 4.65. The fourth-order valence-electron chi connectivity index (χ4n) is 3.11. The summed E-state index contributed by atoms with van der Waals surface area (Å²) in [6.45, 7) is 3.22. The molecular weight excluding hydrogens is 340 g/mol. The standard InChI is InChI=1S/C21H22N4O2/c1-2-27-20-10-6-16(7-11-20)13-25(18-8-9-18)21(26)17-4-3-5-19(12-17)24-14-22-23-15-24/h3-7,10-12,14-15,18H,2,8-9,13H2,1H3. The van der Waals surface area contributed by atoms with E-state index in [-0.39, 0.29) is 5.91 Å². The van der Waals surface area contributed by atoms with Crippen LogP contribution < -0.4 is 4.74 Å². The van der Waals surface area contributed by atoms with Crippen LogP contribution in [0.2, 0.25) is 0 Å². The van der Waals surface area contributed by atoms with Crippen LogP contribution in [-0.4, -0.2) is 38.2 Å². The molecule has 0 bridgehead atoms. The topological polar surface area (TPSA) is 60.2 Å². The van der Waals surface area contributed by atoms with Gasteiger partial charge in [-0.15, -0.1) is 10.2 Å². The highest BCUT2D eigenvalue weighted by Crippen LogP contribution is 2.30. The maximum Gasteiger partial charge on any atom is 0.254 e. The van der Waals surface area contributed by atoms with E-state index in [2.05, 4.69) is 10.2 Å². The number of nitrogens with zero attached hydrogens (tertiary/aromatic N) is 4. The van der Waals surface area contributed by atoms with Gasteiger partial charge in [0.1, 0.15) is 18.4 Å². The monoisotopic (exact) mass is 362 g/mol. The van der Waals surface area contributed by atoms with Gasteiger partial charge in [-0.2, -0.15) is 0 Å². The number of rotatable bonds is 7. The third-order valence-electron chi connectivity index (χ3n) is 4.65. The molecule has 0 aliphatic heterocycles. The van der Waals surface area contributed by atoms with E-state index < -0.39 is 0 Å². The Kier molecular flexibility index (Phi) is 4.87. The van der Waals surface area contributed by atoms with Crippen LogP contribution >= 0.6 is 0 Å². The maximum absolute atomic E-state index is 13.2. The number of aromatic nitrogens is 3. The van der Waals surface area contributed by atoms with Crippen LogP contribution in [0, 0.1) is 0 Å². The predicted octanol–water partition coefficient (Wildman–Crippen LogP) is 3.47. The van der Waals surface area contributed by atoms with Crippen molar-refractivity contribution in [2.24, 2.45) is 0 Å². The van der Waals surface area contributed by atoms with Crippen molar-refractivity contribution in [1.29, 1.82) is 0 Å². The van der Waals surface area contributed by atoms with E-state index in [1.54, 1.807) is 17.2 Å². The lowest BCUT2D eigenvalue weighted by Crippen LogP contribution is -2.32. The zero-order chi connectivity index (χ0) is 18.6. The summed E-state index contributed by atoms with van der Waals surface area (Å²) in [6.07, 6.45) is 5.38. The lowest BCUT2D eigenvalue weighted by Gasteiger charge is -2.23. The number of carbonyl (C=O) groups is 1. The molecule has 138 valence electrons. The fourth-order valence-corrected chi connectivity index (χ4v) is 3.11. The van der Waals surface area contributed by atoms with Crippen molar-refractivity contribution in [1.82, 2.24) is 19.7 Å². The first-order valence-electron chi connectivity index (χ1n) is 9.22. The smallest absolute Gasteiger partial charge is 0.254 e. The largest absolute Gasteiger partial charge is 0.494 e. The van der Waals surface area contributed by atoms with Crippen molar-refractivity contribution in [3.63, 3.8) is 0 Å². The van der Waals surface area contributed by atoms with Gasteiger partial charge >= 0.3 is 0 Å². The second-order valence-corrected chi connectivity index (χ2v) is 6.66. The lowest BCUT2D eigenvalue weighted by atomic mass is 10.1. The highest BCUT2D eigenvalue weighted by molar-refractivity contribution is 5.95. The molecule has 0 saturated heterocycles. The minimum atomic E-state index is 0.0568. The molecule has 1 amide bonds. The van der Waals surface area contributed by atoms with Gasteiger partial charge < -0.3 is 9.64 Å². The first-order chi connectivity index (χ1) is 13.2. The number of hydrogen-bond donors (Lipinski definition) is 0. The maximum atomic E-state index is 13.2. The van der Waals surface area contributed by atoms with E-state index in [1.165, 1.54) is 0 Å². The molecular formula is C21H22N4O2. The van der Waals surface area contributed by atoms with Gasteiger partial charge in [0, 0.05) is 23.8 Å². The van der Waals surface area contributed by atoms with Crippen molar-refractivity contribution in [3.8, 4) is 11.4 Å². The van der Waals surface area contributed by atoms with Crippen molar-refractivity contribution in [2.75, 3.05) is 6.61 Å². The molecule has 0 atom stereocenters. The number of amides is 1. The minimum absolute atomic E-state index is 0.0568. The van der Waals surface area contributed by atoms with Gasteiger partial charge in [-0.3, -0.25) is 9.36 Å². The van der Waals surface area contributed by atoms with E-state index in [0.29, 0.717) is 24.8 Å². The molecule has 0 radical (unpaired) electrons. The SMILES string of the molecule is CCOc1ccc(CN(C(=O)c2cccc(-n3cnnc3)c2)C2CC2)cc1. The van der Waals surface area contributed by atoms with Gasteiger partial charge in [0.05, 0.1) is 6.61 Å². The van der Waals surface area contributed by atoms with Crippen molar-refractivity contribution in [2.45, 2.75) is 32.4 Å². The average molecular weight is 362 g/mol. The summed E-state index contributed by atoms with van der Waals surface area (Å²) in [6, 6.07) is 15.9. The van der Waals surface area contributed by atoms with E-state index >= 15 is 0 Å². The summed E-state index contributed by atoms with van der Waals surface area (Å²) in [5.41, 5.74) is 2.66. The molecule has 1 aliphatic rings. The number of carbonyl (C=O) groups excluding carboxylic acids is 1. The summed E-state index contributed by atoms with van der Waals surface area (Å²) in [4.78, 5) is 15.2. The zero-order valence-electron chi connectivity index (χ0n) is 15.3. The van der Waals surface area contributed by atoms with Crippen LogP contribution in [0.4, 0.5) is 0 Å². The van der Waals surface area contributed by atoms with Gasteiger partial charge in [0.25, 0.3) is 5.91 Å². The van der Waals surface area contributed by atoms with Crippen LogP contribution in [0.15, 0.2) is 61.2 Å². The Morgan fingerprint density at radius 3 is 2.56 bits per heavy atom. The summed E-state index contributed by atoms with van der Waals surface area (Å²) in [5.74, 6) is 0.911. The molecule has 1 heterocycles. The molecule has 2 aromatic carbocycles. The quantitative estimate of drug-likeness (QED) is 0.646. The van der Waals surface area contributed by atoms with Crippen LogP contribution in [0.1, 0.15) is 35.7 Å². The van der Waals surface area contributed by atoms with Gasteiger partial charge in [-0.05, 0) is 55.7 Å². The Hall–Kier alpha value is -3.15. The van der Waals surface area contributed by atoms with Gasteiger partial charge in [-0.1, -0.05) is 18.2 Å². The molecule has 1 saturated carbocycles. The Bertz CT molecular complexity index is 902. The van der Waals surface area contributed by atoms with Crippen LogP contribution in [0.3, 0.4) is 0 Å². The van der Waals surface area contributed by atoms with Crippen molar-refractivity contribution < 1.29 is 9.53 Å². The van der Waals surface area contributed by atoms with Gasteiger partial charge in [0.15, 0.2) is 0 Å². The summed E-state index contributed by atoms with van der Waals surface area (Å²) >= 11 is 0. The van der Waals surface area contributed by atoms with E-state index in [9.17, 15) is 4.79 Å². The molecule has 0 spiro atoms. The van der Waals surface area contributed by atoms with Crippen LogP contribution in [-0.2, 0) is 6.54 Å². The fraction of sp³-hybridized carbons (Fsp3) is 0.286. The molecule has 1 aromatic heterocycles. The summed E-state index contributed by atoms with van der Waals surface area (Å²) < 4.78 is 7.29. The first-order valence-corrected chi connectivity index (χ1v) is 9.22. The highest BCUT2D eigenvalue weighted by Gasteiger charge is 2.33. The molecule has 3 aromatic rings. The van der Waals surface area contributed by atoms with Gasteiger partial charge in [-0.25, -0.2) is 0 Å². The minimum Gasteiger partial charge on any atom is -0.494 e. The predicted molar refractivity (Wildman–Crippen MR) is 102 cm³/mol. The Labute approximate surface area is 158 Å². The molecule has 4 rings (SSSR count). The normalized spacial score (nSPS) is 13.4. The molecule has 0 unspecified atom stereocenters. The Morgan fingerprint density at radius 2 is 1.89 bits per heavy atom. The second-order valence-electron chi connectivity index (χ2n) is 6.66. The first kappa shape index (κ1) is 17.3. The number of benzene rings is 2. The van der Waals surface area contributed by atoms with Crippen LogP contribution in [0.25, 0.3) is 5.69 Å². The third kappa shape index (κ3) is 4.00. The Morgan fingerprint density at radius 1 is 1.15 bits per heavy atom. The number of hydrogen-bond acceptors (Lipinski definition) is 4. The molecule has 1 aliphatic carbocycles. The molecule has 6 heteroatoms. The molecule has 27 heavy (non-hydrogen) atoms. The molecule has 1 fully saturated rings. The second kappa shape index (κ2) is 7.61. The average Bonchev–Trinajstić information content (AvgIpc) is 3.40. The number of ether oxygens (including phenoxy) is 1.